The molecule has 1 aromatic rings. The number of esters is 1. The fraction of sp³-hybridized carbons (Fsp3) is 0.562. The third-order valence-electron chi connectivity index (χ3n) is 4.15. The molecular formula is C16H21NO4. The topological polar surface area (TPSA) is 48.0 Å². The van der Waals surface area contributed by atoms with Gasteiger partial charge in [-0.25, -0.2) is 0 Å². The van der Waals surface area contributed by atoms with E-state index in [4.69, 9.17) is 14.2 Å². The lowest BCUT2D eigenvalue weighted by atomic mass is 10.0. The Morgan fingerprint density at radius 3 is 2.95 bits per heavy atom. The van der Waals surface area contributed by atoms with E-state index in [1.54, 1.807) is 0 Å². The van der Waals surface area contributed by atoms with Gasteiger partial charge in [0.05, 0.1) is 13.5 Å². The van der Waals surface area contributed by atoms with Crippen LogP contribution >= 0.6 is 0 Å². The lowest BCUT2D eigenvalue weighted by Gasteiger charge is -2.26. The number of hydrogen-bond acceptors (Lipinski definition) is 5. The molecule has 21 heavy (non-hydrogen) atoms. The number of benzene rings is 1. The quantitative estimate of drug-likeness (QED) is 0.796. The van der Waals surface area contributed by atoms with Crippen LogP contribution in [0.5, 0.6) is 11.5 Å². The molecule has 0 spiro atoms. The number of likely N-dealkylation sites (tertiary alicyclic amines) is 1. The lowest BCUT2D eigenvalue weighted by molar-refractivity contribution is -0.141. The number of methoxy groups -OCH3 is 1. The van der Waals surface area contributed by atoms with Gasteiger partial charge in [0, 0.05) is 12.6 Å². The van der Waals surface area contributed by atoms with Gasteiger partial charge in [0.15, 0.2) is 11.5 Å². The van der Waals surface area contributed by atoms with Crippen molar-refractivity contribution in [2.45, 2.75) is 25.3 Å². The summed E-state index contributed by atoms with van der Waals surface area (Å²) < 4.78 is 15.9. The lowest BCUT2D eigenvalue weighted by Crippen LogP contribution is -2.26. The molecule has 0 radical (unpaired) electrons. The van der Waals surface area contributed by atoms with E-state index < -0.39 is 0 Å². The molecule has 114 valence electrons. The van der Waals surface area contributed by atoms with Crippen LogP contribution in [-0.4, -0.2) is 44.3 Å². The SMILES string of the molecule is COC(=O)CCN1CCCC1c1ccc2c(c1)OCCO2. The smallest absolute Gasteiger partial charge is 0.306 e. The predicted molar refractivity (Wildman–Crippen MR) is 77.6 cm³/mol. The van der Waals surface area contributed by atoms with Crippen LogP contribution in [0.15, 0.2) is 18.2 Å². The zero-order valence-corrected chi connectivity index (χ0v) is 12.3. The van der Waals surface area contributed by atoms with E-state index in [9.17, 15) is 4.79 Å². The van der Waals surface area contributed by atoms with E-state index in [2.05, 4.69) is 17.0 Å². The Bertz CT molecular complexity index is 517. The van der Waals surface area contributed by atoms with Crippen LogP contribution in [0.25, 0.3) is 0 Å². The minimum atomic E-state index is -0.150. The van der Waals surface area contributed by atoms with Crippen molar-refractivity contribution in [3.63, 3.8) is 0 Å². The average Bonchev–Trinajstić information content (AvgIpc) is 3.00. The van der Waals surface area contributed by atoms with E-state index in [0.29, 0.717) is 25.7 Å². The molecular weight excluding hydrogens is 270 g/mol. The molecule has 1 unspecified atom stereocenters. The summed E-state index contributed by atoms with van der Waals surface area (Å²) in [5.74, 6) is 1.51. The number of rotatable bonds is 4. The van der Waals surface area contributed by atoms with Crippen molar-refractivity contribution in [2.24, 2.45) is 0 Å². The van der Waals surface area contributed by atoms with Gasteiger partial charge in [-0.1, -0.05) is 6.07 Å². The van der Waals surface area contributed by atoms with Gasteiger partial charge in [0.25, 0.3) is 0 Å². The van der Waals surface area contributed by atoms with Gasteiger partial charge in [-0.2, -0.15) is 0 Å². The third-order valence-corrected chi connectivity index (χ3v) is 4.15. The maximum absolute atomic E-state index is 11.3. The Balaban J connectivity index is 1.71. The first-order chi connectivity index (χ1) is 10.3. The number of carbonyl (C=O) groups is 1. The largest absolute Gasteiger partial charge is 0.486 e. The highest BCUT2D eigenvalue weighted by atomic mass is 16.6. The van der Waals surface area contributed by atoms with Gasteiger partial charge < -0.3 is 14.2 Å². The van der Waals surface area contributed by atoms with E-state index in [-0.39, 0.29) is 5.97 Å². The van der Waals surface area contributed by atoms with Crippen LogP contribution in [0.2, 0.25) is 0 Å². The van der Waals surface area contributed by atoms with Gasteiger partial charge in [0.1, 0.15) is 13.2 Å². The Morgan fingerprint density at radius 2 is 2.14 bits per heavy atom. The van der Waals surface area contributed by atoms with Crippen molar-refractivity contribution < 1.29 is 19.0 Å². The number of carbonyl (C=O) groups excluding carboxylic acids is 1. The molecule has 5 heteroatoms. The van der Waals surface area contributed by atoms with Gasteiger partial charge in [-0.3, -0.25) is 9.69 Å². The van der Waals surface area contributed by atoms with Crippen LogP contribution in [0.4, 0.5) is 0 Å². The molecule has 0 aromatic heterocycles. The molecule has 0 amide bonds. The van der Waals surface area contributed by atoms with E-state index >= 15 is 0 Å². The fourth-order valence-electron chi connectivity index (χ4n) is 3.08. The summed E-state index contributed by atoms with van der Waals surface area (Å²) in [5.41, 5.74) is 1.24. The highest BCUT2D eigenvalue weighted by molar-refractivity contribution is 5.69. The molecule has 0 aliphatic carbocycles. The summed E-state index contributed by atoms with van der Waals surface area (Å²) in [4.78, 5) is 13.7. The second-order valence-corrected chi connectivity index (χ2v) is 5.42. The van der Waals surface area contributed by atoms with Crippen molar-refractivity contribution in [1.29, 1.82) is 0 Å². The highest BCUT2D eigenvalue weighted by Gasteiger charge is 2.27. The minimum Gasteiger partial charge on any atom is -0.486 e. The maximum Gasteiger partial charge on any atom is 0.306 e. The molecule has 2 aliphatic rings. The van der Waals surface area contributed by atoms with Crippen molar-refractivity contribution in [3.05, 3.63) is 23.8 Å². The first-order valence-electron chi connectivity index (χ1n) is 7.48. The first-order valence-corrected chi connectivity index (χ1v) is 7.48. The monoisotopic (exact) mass is 291 g/mol. The molecule has 3 rings (SSSR count). The third kappa shape index (κ3) is 3.13. The standard InChI is InChI=1S/C16H21NO4/c1-19-16(18)6-8-17-7-2-3-13(17)12-4-5-14-15(11-12)21-10-9-20-14/h4-5,11,13H,2-3,6-10H2,1H3. The summed E-state index contributed by atoms with van der Waals surface area (Å²) in [6.45, 7) is 2.98. The van der Waals surface area contributed by atoms with Crippen molar-refractivity contribution >= 4 is 5.97 Å². The van der Waals surface area contributed by atoms with Crippen LogP contribution in [0.1, 0.15) is 30.9 Å². The number of nitrogens with zero attached hydrogens (tertiary/aromatic N) is 1. The number of fused-ring (bicyclic) bond motifs is 1. The van der Waals surface area contributed by atoms with Crippen molar-refractivity contribution in [2.75, 3.05) is 33.4 Å². The van der Waals surface area contributed by atoms with Gasteiger partial charge in [-0.05, 0) is 37.1 Å². The zero-order valence-electron chi connectivity index (χ0n) is 12.3. The second-order valence-electron chi connectivity index (χ2n) is 5.42. The molecule has 1 aromatic carbocycles. The van der Waals surface area contributed by atoms with E-state index in [1.165, 1.54) is 12.7 Å². The molecule has 0 bridgehead atoms. The maximum atomic E-state index is 11.3. The predicted octanol–water partition coefficient (Wildman–Crippen LogP) is 2.16. The van der Waals surface area contributed by atoms with Crippen molar-refractivity contribution in [1.82, 2.24) is 4.90 Å². The Hall–Kier alpha value is -1.75. The molecule has 1 fully saturated rings. The molecule has 5 nitrogen and oxygen atoms in total. The van der Waals surface area contributed by atoms with Crippen LogP contribution in [-0.2, 0) is 9.53 Å². The van der Waals surface area contributed by atoms with E-state index in [1.807, 2.05) is 6.07 Å². The normalized spacial score (nSPS) is 21.3. The second kappa shape index (κ2) is 6.35. The Labute approximate surface area is 124 Å². The van der Waals surface area contributed by atoms with Gasteiger partial charge in [-0.15, -0.1) is 0 Å². The summed E-state index contributed by atoms with van der Waals surface area (Å²) in [7, 11) is 1.44. The highest BCUT2D eigenvalue weighted by Crippen LogP contribution is 2.37. The minimum absolute atomic E-state index is 0.150. The van der Waals surface area contributed by atoms with Crippen LogP contribution in [0.3, 0.4) is 0 Å². The Morgan fingerprint density at radius 1 is 1.33 bits per heavy atom. The molecule has 1 saturated heterocycles. The summed E-state index contributed by atoms with van der Waals surface area (Å²) in [5, 5.41) is 0. The molecule has 1 atom stereocenters. The molecule has 0 N–H and O–H groups in total. The Kier molecular flexibility index (Phi) is 4.29. The summed E-state index contributed by atoms with van der Waals surface area (Å²) in [6.07, 6.45) is 2.71. The van der Waals surface area contributed by atoms with Gasteiger partial charge in [0.2, 0.25) is 0 Å². The fourth-order valence-corrected chi connectivity index (χ4v) is 3.08. The van der Waals surface area contributed by atoms with Crippen LogP contribution in [0, 0.1) is 0 Å². The molecule has 2 aliphatic heterocycles. The number of hydrogen-bond donors (Lipinski definition) is 0. The summed E-state index contributed by atoms with van der Waals surface area (Å²) >= 11 is 0. The van der Waals surface area contributed by atoms with Crippen LogP contribution < -0.4 is 9.47 Å². The summed E-state index contributed by atoms with van der Waals surface area (Å²) in [6, 6.07) is 6.52. The van der Waals surface area contributed by atoms with Gasteiger partial charge >= 0.3 is 5.97 Å². The molecule has 0 saturated carbocycles. The zero-order chi connectivity index (χ0) is 14.7. The molecule has 2 heterocycles. The first kappa shape index (κ1) is 14.2. The van der Waals surface area contributed by atoms with Crippen molar-refractivity contribution in [3.8, 4) is 11.5 Å². The average molecular weight is 291 g/mol. The van der Waals surface area contributed by atoms with E-state index in [0.717, 1.165) is 37.4 Å². The number of ether oxygens (including phenoxy) is 3.